The Morgan fingerprint density at radius 2 is 2.32 bits per heavy atom. The standard InChI is InChI=1S/C14H21N3O2/c1-10(18)11-6-7-17(8-11)9-14(19)16-13-5-3-2-4-12(13)15/h2-5,10-11,18H,6-9,15H2,1H3,(H,16,19). The monoisotopic (exact) mass is 263 g/mol. The molecule has 0 bridgehead atoms. The summed E-state index contributed by atoms with van der Waals surface area (Å²) in [5, 5.41) is 12.3. The first-order chi connectivity index (χ1) is 9.06. The first kappa shape index (κ1) is 13.8. The zero-order valence-corrected chi connectivity index (χ0v) is 11.2. The van der Waals surface area contributed by atoms with E-state index in [-0.39, 0.29) is 17.9 Å². The molecule has 4 N–H and O–H groups in total. The number of nitrogens with two attached hydrogens (primary N) is 1. The molecule has 1 aromatic rings. The van der Waals surface area contributed by atoms with Crippen LogP contribution in [0.5, 0.6) is 0 Å². The zero-order chi connectivity index (χ0) is 13.8. The Labute approximate surface area is 113 Å². The van der Waals surface area contributed by atoms with Crippen molar-refractivity contribution in [3.8, 4) is 0 Å². The summed E-state index contributed by atoms with van der Waals surface area (Å²) in [6, 6.07) is 7.22. The highest BCUT2D eigenvalue weighted by molar-refractivity contribution is 5.95. The highest BCUT2D eigenvalue weighted by Crippen LogP contribution is 2.20. The molecule has 1 amide bonds. The maximum Gasteiger partial charge on any atom is 0.238 e. The molecule has 104 valence electrons. The van der Waals surface area contributed by atoms with Crippen LogP contribution in [0.3, 0.4) is 0 Å². The molecular formula is C14H21N3O2. The number of benzene rings is 1. The van der Waals surface area contributed by atoms with Crippen molar-refractivity contribution in [2.75, 3.05) is 30.7 Å². The van der Waals surface area contributed by atoms with E-state index in [1.165, 1.54) is 0 Å². The second-order valence-electron chi connectivity index (χ2n) is 5.16. The Kier molecular flexibility index (Phi) is 4.39. The van der Waals surface area contributed by atoms with Crippen molar-refractivity contribution in [1.82, 2.24) is 4.90 Å². The largest absolute Gasteiger partial charge is 0.397 e. The molecule has 2 unspecified atom stereocenters. The molecule has 0 spiro atoms. The number of nitrogen functional groups attached to an aromatic ring is 1. The fraction of sp³-hybridized carbons (Fsp3) is 0.500. The van der Waals surface area contributed by atoms with Gasteiger partial charge in [-0.2, -0.15) is 0 Å². The Bertz CT molecular complexity index is 448. The normalized spacial score (nSPS) is 21.3. The number of hydrogen-bond donors (Lipinski definition) is 3. The van der Waals surface area contributed by atoms with Crippen molar-refractivity contribution >= 4 is 17.3 Å². The van der Waals surface area contributed by atoms with E-state index in [1.807, 2.05) is 12.1 Å². The van der Waals surface area contributed by atoms with Crippen molar-refractivity contribution in [3.63, 3.8) is 0 Å². The molecule has 5 heteroatoms. The number of amides is 1. The Balaban J connectivity index is 1.84. The fourth-order valence-corrected chi connectivity index (χ4v) is 2.40. The van der Waals surface area contributed by atoms with Gasteiger partial charge in [-0.3, -0.25) is 9.69 Å². The van der Waals surface area contributed by atoms with Crippen LogP contribution >= 0.6 is 0 Å². The molecule has 1 fully saturated rings. The molecule has 2 atom stereocenters. The summed E-state index contributed by atoms with van der Waals surface area (Å²) in [4.78, 5) is 14.0. The lowest BCUT2D eigenvalue weighted by atomic mass is 10.0. The summed E-state index contributed by atoms with van der Waals surface area (Å²) in [5.74, 6) is 0.207. The fourth-order valence-electron chi connectivity index (χ4n) is 2.40. The quantitative estimate of drug-likeness (QED) is 0.706. The number of para-hydroxylation sites is 2. The molecule has 1 heterocycles. The Morgan fingerprint density at radius 1 is 1.58 bits per heavy atom. The minimum Gasteiger partial charge on any atom is -0.397 e. The van der Waals surface area contributed by atoms with E-state index in [1.54, 1.807) is 19.1 Å². The van der Waals surface area contributed by atoms with E-state index in [4.69, 9.17) is 5.73 Å². The molecule has 5 nitrogen and oxygen atoms in total. The highest BCUT2D eigenvalue weighted by atomic mass is 16.3. The smallest absolute Gasteiger partial charge is 0.238 e. The number of likely N-dealkylation sites (tertiary alicyclic amines) is 1. The van der Waals surface area contributed by atoms with Crippen molar-refractivity contribution in [2.45, 2.75) is 19.4 Å². The van der Waals surface area contributed by atoms with Crippen LogP contribution in [0.1, 0.15) is 13.3 Å². The number of rotatable bonds is 4. The van der Waals surface area contributed by atoms with Gasteiger partial charge < -0.3 is 16.2 Å². The van der Waals surface area contributed by atoms with Crippen LogP contribution in [-0.2, 0) is 4.79 Å². The summed E-state index contributed by atoms with van der Waals surface area (Å²) in [5.41, 5.74) is 7.00. The van der Waals surface area contributed by atoms with Gasteiger partial charge in [0.15, 0.2) is 0 Å². The van der Waals surface area contributed by atoms with E-state index < -0.39 is 0 Å². The molecule has 0 radical (unpaired) electrons. The topological polar surface area (TPSA) is 78.6 Å². The van der Waals surface area contributed by atoms with Gasteiger partial charge in [-0.15, -0.1) is 0 Å². The van der Waals surface area contributed by atoms with Crippen LogP contribution in [0.2, 0.25) is 0 Å². The van der Waals surface area contributed by atoms with Crippen molar-refractivity contribution < 1.29 is 9.90 Å². The van der Waals surface area contributed by atoms with E-state index in [9.17, 15) is 9.90 Å². The molecule has 0 aliphatic carbocycles. The first-order valence-corrected chi connectivity index (χ1v) is 6.61. The first-order valence-electron chi connectivity index (χ1n) is 6.61. The molecule has 0 aromatic heterocycles. The van der Waals surface area contributed by atoms with Crippen LogP contribution in [0, 0.1) is 5.92 Å². The van der Waals surface area contributed by atoms with Crippen molar-refractivity contribution in [3.05, 3.63) is 24.3 Å². The van der Waals surface area contributed by atoms with Crippen LogP contribution in [0.25, 0.3) is 0 Å². The van der Waals surface area contributed by atoms with Gasteiger partial charge in [0.25, 0.3) is 0 Å². The number of aliphatic hydroxyl groups excluding tert-OH is 1. The lowest BCUT2D eigenvalue weighted by molar-refractivity contribution is -0.117. The number of hydrogen-bond acceptors (Lipinski definition) is 4. The van der Waals surface area contributed by atoms with E-state index in [0.29, 0.717) is 17.9 Å². The second-order valence-corrected chi connectivity index (χ2v) is 5.16. The predicted octanol–water partition coefficient (Wildman–Crippen LogP) is 0.910. The number of carbonyl (C=O) groups excluding carboxylic acids is 1. The molecule has 1 aliphatic heterocycles. The molecule has 19 heavy (non-hydrogen) atoms. The van der Waals surface area contributed by atoms with E-state index >= 15 is 0 Å². The zero-order valence-electron chi connectivity index (χ0n) is 11.2. The molecule has 1 aromatic carbocycles. The molecule has 1 saturated heterocycles. The SMILES string of the molecule is CC(O)C1CCN(CC(=O)Nc2ccccc2N)C1. The van der Waals surface area contributed by atoms with Crippen molar-refractivity contribution in [1.29, 1.82) is 0 Å². The van der Waals surface area contributed by atoms with Crippen LogP contribution in [0.4, 0.5) is 11.4 Å². The van der Waals surface area contributed by atoms with Gasteiger partial charge in [-0.1, -0.05) is 12.1 Å². The maximum absolute atomic E-state index is 11.9. The van der Waals surface area contributed by atoms with E-state index in [0.717, 1.165) is 19.5 Å². The Hall–Kier alpha value is -1.59. The minimum absolute atomic E-state index is 0.0656. The lowest BCUT2D eigenvalue weighted by Gasteiger charge is -2.17. The highest BCUT2D eigenvalue weighted by Gasteiger charge is 2.27. The van der Waals surface area contributed by atoms with Gasteiger partial charge >= 0.3 is 0 Å². The number of nitrogens with zero attached hydrogens (tertiary/aromatic N) is 1. The van der Waals surface area contributed by atoms with Gasteiger partial charge in [0.2, 0.25) is 5.91 Å². The third kappa shape index (κ3) is 3.68. The summed E-state index contributed by atoms with van der Waals surface area (Å²) >= 11 is 0. The average molecular weight is 263 g/mol. The molecule has 1 aliphatic rings. The summed E-state index contributed by atoms with van der Waals surface area (Å²) in [7, 11) is 0. The van der Waals surface area contributed by atoms with Gasteiger partial charge in [-0.25, -0.2) is 0 Å². The number of nitrogens with one attached hydrogen (secondary N) is 1. The van der Waals surface area contributed by atoms with E-state index in [2.05, 4.69) is 10.2 Å². The van der Waals surface area contributed by atoms with Crippen LogP contribution in [0.15, 0.2) is 24.3 Å². The van der Waals surface area contributed by atoms with Gasteiger partial charge in [0.05, 0.1) is 24.0 Å². The number of carbonyl (C=O) groups is 1. The average Bonchev–Trinajstić information content (AvgIpc) is 2.80. The predicted molar refractivity (Wildman–Crippen MR) is 75.7 cm³/mol. The summed E-state index contributed by atoms with van der Waals surface area (Å²) in [6.45, 7) is 3.78. The third-order valence-electron chi connectivity index (χ3n) is 3.59. The summed E-state index contributed by atoms with van der Waals surface area (Å²) < 4.78 is 0. The lowest BCUT2D eigenvalue weighted by Crippen LogP contribution is -2.32. The summed E-state index contributed by atoms with van der Waals surface area (Å²) in [6.07, 6.45) is 0.635. The number of aliphatic hydroxyl groups is 1. The third-order valence-corrected chi connectivity index (χ3v) is 3.59. The maximum atomic E-state index is 11.9. The number of anilines is 2. The molecule has 2 rings (SSSR count). The second kappa shape index (κ2) is 6.04. The molecule has 0 saturated carbocycles. The Morgan fingerprint density at radius 3 is 2.95 bits per heavy atom. The van der Waals surface area contributed by atoms with Crippen molar-refractivity contribution in [2.24, 2.45) is 5.92 Å². The van der Waals surface area contributed by atoms with Crippen LogP contribution in [-0.4, -0.2) is 41.7 Å². The molecular weight excluding hydrogens is 242 g/mol. The van der Waals surface area contributed by atoms with Crippen LogP contribution < -0.4 is 11.1 Å². The minimum atomic E-state index is -0.308. The van der Waals surface area contributed by atoms with Gasteiger partial charge in [-0.05, 0) is 37.9 Å². The van der Waals surface area contributed by atoms with Gasteiger partial charge in [0.1, 0.15) is 0 Å². The van der Waals surface area contributed by atoms with Gasteiger partial charge in [0, 0.05) is 6.54 Å².